The molecule has 0 aromatic heterocycles. The van der Waals surface area contributed by atoms with Crippen LogP contribution >= 0.6 is 15.9 Å². The van der Waals surface area contributed by atoms with Gasteiger partial charge in [-0.3, -0.25) is 9.59 Å². The zero-order valence-electron chi connectivity index (χ0n) is 13.8. The molecule has 0 bridgehead atoms. The molecule has 3 rings (SSSR count). The zero-order chi connectivity index (χ0) is 17.8. The maximum atomic E-state index is 12.9. The van der Waals surface area contributed by atoms with Gasteiger partial charge in [0.25, 0.3) is 0 Å². The molecule has 0 saturated carbocycles. The highest BCUT2D eigenvalue weighted by atomic mass is 79.9. The molecule has 0 radical (unpaired) electrons. The lowest BCUT2D eigenvalue weighted by Crippen LogP contribution is -2.35. The summed E-state index contributed by atoms with van der Waals surface area (Å²) in [6, 6.07) is 14.9. The van der Waals surface area contributed by atoms with Gasteiger partial charge in [0, 0.05) is 17.1 Å². The van der Waals surface area contributed by atoms with Gasteiger partial charge < -0.3 is 9.64 Å². The van der Waals surface area contributed by atoms with Gasteiger partial charge in [-0.25, -0.2) is 0 Å². The Morgan fingerprint density at radius 2 is 2.00 bits per heavy atom. The fourth-order valence-electron chi connectivity index (χ4n) is 2.89. The largest absolute Gasteiger partial charge is 0.497 e. The Bertz CT molecular complexity index is 817. The van der Waals surface area contributed by atoms with Crippen molar-refractivity contribution in [1.82, 2.24) is 4.90 Å². The van der Waals surface area contributed by atoms with Crippen LogP contribution in [-0.2, 0) is 16.0 Å². The molecule has 2 aromatic rings. The Labute approximate surface area is 155 Å². The van der Waals surface area contributed by atoms with Gasteiger partial charge in [0.1, 0.15) is 5.75 Å². The van der Waals surface area contributed by atoms with Crippen LogP contribution in [-0.4, -0.2) is 23.7 Å². The van der Waals surface area contributed by atoms with Crippen molar-refractivity contribution in [1.29, 1.82) is 0 Å². The summed E-state index contributed by atoms with van der Waals surface area (Å²) < 4.78 is 6.01. The fraction of sp³-hybridized carbons (Fsp3) is 0.200. The summed E-state index contributed by atoms with van der Waals surface area (Å²) in [5.41, 5.74) is 1.84. The number of nitrogens with zero attached hydrogens (tertiary/aromatic N) is 1. The van der Waals surface area contributed by atoms with Crippen molar-refractivity contribution in [3.63, 3.8) is 0 Å². The summed E-state index contributed by atoms with van der Waals surface area (Å²) in [7, 11) is 1.60. The summed E-state index contributed by atoms with van der Waals surface area (Å²) in [5, 5.41) is 0. The van der Waals surface area contributed by atoms with Crippen LogP contribution in [0.15, 0.2) is 65.3 Å². The molecule has 0 N–H and O–H groups in total. The minimum Gasteiger partial charge on any atom is -0.497 e. The van der Waals surface area contributed by atoms with Crippen LogP contribution in [0.25, 0.3) is 0 Å². The van der Waals surface area contributed by atoms with E-state index in [2.05, 4.69) is 15.9 Å². The first-order chi connectivity index (χ1) is 12.1. The van der Waals surface area contributed by atoms with E-state index in [4.69, 9.17) is 4.74 Å². The Hall–Kier alpha value is -2.40. The summed E-state index contributed by atoms with van der Waals surface area (Å²) in [4.78, 5) is 26.4. The molecular weight excluding hydrogens is 382 g/mol. The van der Waals surface area contributed by atoms with Crippen LogP contribution < -0.4 is 4.74 Å². The minimum atomic E-state index is -0.261. The zero-order valence-corrected chi connectivity index (χ0v) is 15.4. The third-order valence-corrected chi connectivity index (χ3v) is 4.96. The molecular formula is C20H18BrNO3. The molecule has 25 heavy (non-hydrogen) atoms. The monoisotopic (exact) mass is 399 g/mol. The van der Waals surface area contributed by atoms with Gasteiger partial charge in [-0.15, -0.1) is 0 Å². The number of hydrogen-bond acceptors (Lipinski definition) is 3. The highest BCUT2D eigenvalue weighted by molar-refractivity contribution is 9.10. The van der Waals surface area contributed by atoms with Gasteiger partial charge >= 0.3 is 0 Å². The number of hydrogen-bond donors (Lipinski definition) is 0. The lowest BCUT2D eigenvalue weighted by atomic mass is 9.96. The van der Waals surface area contributed by atoms with Crippen LogP contribution in [0.4, 0.5) is 0 Å². The first-order valence-electron chi connectivity index (χ1n) is 7.98. The first kappa shape index (κ1) is 17.4. The molecule has 1 atom stereocenters. The van der Waals surface area contributed by atoms with E-state index in [9.17, 15) is 9.59 Å². The van der Waals surface area contributed by atoms with Gasteiger partial charge in [0.05, 0.1) is 19.6 Å². The number of carbonyl (C=O) groups is 2. The average molecular weight is 400 g/mol. The second kappa shape index (κ2) is 7.66. The van der Waals surface area contributed by atoms with E-state index in [1.807, 2.05) is 48.5 Å². The summed E-state index contributed by atoms with van der Waals surface area (Å²) in [6.45, 7) is 0. The van der Waals surface area contributed by atoms with Crippen molar-refractivity contribution < 1.29 is 14.3 Å². The topological polar surface area (TPSA) is 46.6 Å². The molecule has 0 spiro atoms. The number of methoxy groups -OCH3 is 1. The smallest absolute Gasteiger partial charge is 0.231 e. The van der Waals surface area contributed by atoms with Crippen LogP contribution in [0, 0.1) is 0 Å². The highest BCUT2D eigenvalue weighted by Gasteiger charge is 2.28. The molecule has 0 fully saturated rings. The van der Waals surface area contributed by atoms with Gasteiger partial charge in [-0.2, -0.15) is 0 Å². The Morgan fingerprint density at radius 1 is 1.24 bits per heavy atom. The lowest BCUT2D eigenvalue weighted by Gasteiger charge is -2.31. The van der Waals surface area contributed by atoms with E-state index < -0.39 is 0 Å². The molecule has 5 heteroatoms. The van der Waals surface area contributed by atoms with E-state index in [0.717, 1.165) is 21.3 Å². The van der Waals surface area contributed by atoms with E-state index in [1.165, 1.54) is 6.08 Å². The lowest BCUT2D eigenvalue weighted by molar-refractivity contribution is -0.131. The number of ketones is 1. The molecule has 128 valence electrons. The SMILES string of the molecule is COc1ccc(CC(=O)N2C=CC(=O)CC2c2ccccc2)c(Br)c1. The average Bonchev–Trinajstić information content (AvgIpc) is 2.64. The Morgan fingerprint density at radius 3 is 2.68 bits per heavy atom. The number of amides is 1. The van der Waals surface area contributed by atoms with Gasteiger partial charge in [-0.05, 0) is 29.3 Å². The third-order valence-electron chi connectivity index (χ3n) is 4.23. The third kappa shape index (κ3) is 3.99. The maximum Gasteiger partial charge on any atom is 0.231 e. The van der Waals surface area contributed by atoms with Crippen molar-refractivity contribution in [3.05, 3.63) is 76.4 Å². The number of ether oxygens (including phenoxy) is 1. The number of allylic oxidation sites excluding steroid dienone is 1. The highest BCUT2D eigenvalue weighted by Crippen LogP contribution is 2.30. The normalized spacial score (nSPS) is 16.8. The van der Waals surface area contributed by atoms with Crippen LogP contribution in [0.5, 0.6) is 5.75 Å². The van der Waals surface area contributed by atoms with Crippen molar-refractivity contribution in [2.75, 3.05) is 7.11 Å². The predicted molar refractivity (Wildman–Crippen MR) is 99.2 cm³/mol. The van der Waals surface area contributed by atoms with Crippen molar-refractivity contribution in [2.45, 2.75) is 18.9 Å². The molecule has 1 aliphatic rings. The molecule has 0 saturated heterocycles. The quantitative estimate of drug-likeness (QED) is 0.778. The second-order valence-electron chi connectivity index (χ2n) is 5.85. The summed E-state index contributed by atoms with van der Waals surface area (Å²) >= 11 is 3.49. The summed E-state index contributed by atoms with van der Waals surface area (Å²) in [6.07, 6.45) is 3.62. The molecule has 1 heterocycles. The minimum absolute atomic E-state index is 0.0310. The molecule has 2 aromatic carbocycles. The molecule has 4 nitrogen and oxygen atoms in total. The van der Waals surface area contributed by atoms with Gasteiger partial charge in [0.15, 0.2) is 5.78 Å². The van der Waals surface area contributed by atoms with E-state index in [1.54, 1.807) is 18.2 Å². The fourth-order valence-corrected chi connectivity index (χ4v) is 3.39. The van der Waals surface area contributed by atoms with E-state index in [0.29, 0.717) is 6.42 Å². The van der Waals surface area contributed by atoms with Crippen molar-refractivity contribution in [3.8, 4) is 5.75 Å². The van der Waals surface area contributed by atoms with Gasteiger partial charge in [0.2, 0.25) is 5.91 Å². The molecule has 1 amide bonds. The molecule has 0 aliphatic carbocycles. The number of rotatable bonds is 4. The number of carbonyl (C=O) groups excluding carboxylic acids is 2. The van der Waals surface area contributed by atoms with Crippen LogP contribution in [0.3, 0.4) is 0 Å². The van der Waals surface area contributed by atoms with Crippen LogP contribution in [0.2, 0.25) is 0 Å². The van der Waals surface area contributed by atoms with E-state index in [-0.39, 0.29) is 24.2 Å². The van der Waals surface area contributed by atoms with Crippen molar-refractivity contribution in [2.24, 2.45) is 0 Å². The van der Waals surface area contributed by atoms with Crippen LogP contribution in [0.1, 0.15) is 23.6 Å². The van der Waals surface area contributed by atoms with Crippen molar-refractivity contribution >= 4 is 27.6 Å². The van der Waals surface area contributed by atoms with E-state index >= 15 is 0 Å². The maximum absolute atomic E-state index is 12.9. The number of benzene rings is 2. The number of halogens is 1. The second-order valence-corrected chi connectivity index (χ2v) is 6.70. The first-order valence-corrected chi connectivity index (χ1v) is 8.77. The predicted octanol–water partition coefficient (Wildman–Crippen LogP) is 4.06. The van der Waals surface area contributed by atoms with Gasteiger partial charge in [-0.1, -0.05) is 52.3 Å². The molecule has 1 aliphatic heterocycles. The Kier molecular flexibility index (Phi) is 5.34. The standard InChI is InChI=1S/C20H18BrNO3/c1-25-17-8-7-15(18(21)13-17)11-20(24)22-10-9-16(23)12-19(22)14-5-3-2-4-6-14/h2-10,13,19H,11-12H2,1H3. The molecule has 1 unspecified atom stereocenters. The Balaban J connectivity index is 1.84. The summed E-state index contributed by atoms with van der Waals surface area (Å²) in [5.74, 6) is 0.709.